The third kappa shape index (κ3) is 4.58. The standard InChI is InChI=1S/C16H22F3IN2/c1-3-12(2)13-4-5-14(15(10-13)16(17,18)19)11-21-6-8-22(20)9-7-21/h4-5,10,12H,3,6-9,11H2,1-2H3. The van der Waals surface area contributed by atoms with Crippen LogP contribution in [-0.4, -0.2) is 34.2 Å². The highest BCUT2D eigenvalue weighted by Crippen LogP contribution is 2.35. The van der Waals surface area contributed by atoms with Crippen molar-refractivity contribution in [1.82, 2.24) is 8.01 Å². The minimum atomic E-state index is -4.29. The minimum Gasteiger partial charge on any atom is -0.296 e. The first-order chi connectivity index (χ1) is 10.3. The molecule has 0 spiro atoms. The summed E-state index contributed by atoms with van der Waals surface area (Å²) in [5.74, 6) is 0.151. The van der Waals surface area contributed by atoms with E-state index in [1.165, 1.54) is 6.07 Å². The van der Waals surface area contributed by atoms with Crippen molar-refractivity contribution in [2.24, 2.45) is 0 Å². The molecule has 2 nitrogen and oxygen atoms in total. The van der Waals surface area contributed by atoms with Crippen molar-refractivity contribution < 1.29 is 13.2 Å². The van der Waals surface area contributed by atoms with E-state index >= 15 is 0 Å². The van der Waals surface area contributed by atoms with Crippen LogP contribution >= 0.6 is 22.9 Å². The van der Waals surface area contributed by atoms with Gasteiger partial charge < -0.3 is 0 Å². The van der Waals surface area contributed by atoms with Gasteiger partial charge in [0.15, 0.2) is 0 Å². The van der Waals surface area contributed by atoms with Crippen LogP contribution in [0.5, 0.6) is 0 Å². The van der Waals surface area contributed by atoms with Crippen LogP contribution in [0.25, 0.3) is 0 Å². The second-order valence-corrected chi connectivity index (χ2v) is 7.27. The van der Waals surface area contributed by atoms with Crippen LogP contribution in [-0.2, 0) is 12.7 Å². The molecule has 1 saturated heterocycles. The summed E-state index contributed by atoms with van der Waals surface area (Å²) in [6, 6.07) is 4.87. The SMILES string of the molecule is CCC(C)c1ccc(CN2CCN(I)CC2)c(C(F)(F)F)c1. The molecule has 1 aromatic carbocycles. The quantitative estimate of drug-likeness (QED) is 0.510. The number of rotatable bonds is 4. The Kier molecular flexibility index (Phi) is 6.13. The Hall–Kier alpha value is -0.340. The summed E-state index contributed by atoms with van der Waals surface area (Å²) in [4.78, 5) is 2.10. The van der Waals surface area contributed by atoms with E-state index in [0.29, 0.717) is 12.1 Å². The maximum Gasteiger partial charge on any atom is 0.416 e. The van der Waals surface area contributed by atoms with Crippen LogP contribution in [0.2, 0.25) is 0 Å². The van der Waals surface area contributed by atoms with E-state index in [9.17, 15) is 13.2 Å². The first-order valence-electron chi connectivity index (χ1n) is 7.64. The van der Waals surface area contributed by atoms with Crippen LogP contribution in [0.3, 0.4) is 0 Å². The summed E-state index contributed by atoms with van der Waals surface area (Å²) in [6.45, 7) is 7.75. The summed E-state index contributed by atoms with van der Waals surface area (Å²) in [5, 5.41) is 0. The third-order valence-corrected chi connectivity index (χ3v) is 5.30. The van der Waals surface area contributed by atoms with Crippen molar-refractivity contribution in [3.63, 3.8) is 0 Å². The average molecular weight is 426 g/mol. The number of halogens is 4. The van der Waals surface area contributed by atoms with Gasteiger partial charge in [-0.15, -0.1) is 0 Å². The fourth-order valence-corrected chi connectivity index (χ4v) is 3.09. The maximum absolute atomic E-state index is 13.4. The Morgan fingerprint density at radius 2 is 1.82 bits per heavy atom. The Bertz CT molecular complexity index is 497. The van der Waals surface area contributed by atoms with Crippen molar-refractivity contribution in [3.05, 3.63) is 34.9 Å². The van der Waals surface area contributed by atoms with Crippen molar-refractivity contribution in [2.45, 2.75) is 38.9 Å². The van der Waals surface area contributed by atoms with Gasteiger partial charge in [-0.2, -0.15) is 13.2 Å². The molecule has 1 aliphatic rings. The van der Waals surface area contributed by atoms with E-state index < -0.39 is 11.7 Å². The van der Waals surface area contributed by atoms with Gasteiger partial charge in [-0.05, 0) is 29.5 Å². The van der Waals surface area contributed by atoms with Gasteiger partial charge in [0.25, 0.3) is 0 Å². The lowest BCUT2D eigenvalue weighted by molar-refractivity contribution is -0.138. The molecule has 0 aromatic heterocycles. The van der Waals surface area contributed by atoms with Crippen molar-refractivity contribution in [1.29, 1.82) is 0 Å². The Labute approximate surface area is 144 Å². The van der Waals surface area contributed by atoms with E-state index in [-0.39, 0.29) is 5.92 Å². The zero-order valence-electron chi connectivity index (χ0n) is 13.0. The molecule has 1 aliphatic heterocycles. The third-order valence-electron chi connectivity index (χ3n) is 4.33. The Morgan fingerprint density at radius 3 is 2.36 bits per heavy atom. The summed E-state index contributed by atoms with van der Waals surface area (Å²) < 4.78 is 42.3. The second kappa shape index (κ2) is 7.49. The van der Waals surface area contributed by atoms with Crippen molar-refractivity contribution in [3.8, 4) is 0 Å². The predicted octanol–water partition coefficient (Wildman–Crippen LogP) is 4.69. The zero-order chi connectivity index (χ0) is 16.3. The molecule has 2 rings (SSSR count). The number of hydrogen-bond acceptors (Lipinski definition) is 2. The summed E-state index contributed by atoms with van der Waals surface area (Å²) >= 11 is 2.26. The van der Waals surface area contributed by atoms with E-state index in [1.54, 1.807) is 6.07 Å². The molecule has 1 atom stereocenters. The van der Waals surface area contributed by atoms with E-state index in [2.05, 4.69) is 30.9 Å². The fourth-order valence-electron chi connectivity index (χ4n) is 2.66. The summed E-state index contributed by atoms with van der Waals surface area (Å²) in [6.07, 6.45) is -3.45. The smallest absolute Gasteiger partial charge is 0.296 e. The molecular formula is C16H22F3IN2. The van der Waals surface area contributed by atoms with Gasteiger partial charge in [0.2, 0.25) is 0 Å². The molecule has 1 aromatic rings. The lowest BCUT2D eigenvalue weighted by Gasteiger charge is -2.32. The normalized spacial score (nSPS) is 19.4. The molecular weight excluding hydrogens is 404 g/mol. The summed E-state index contributed by atoms with van der Waals surface area (Å²) in [5.41, 5.74) is 0.694. The van der Waals surface area contributed by atoms with Gasteiger partial charge in [-0.3, -0.25) is 4.90 Å². The molecule has 0 radical (unpaired) electrons. The van der Waals surface area contributed by atoms with Crippen LogP contribution in [0, 0.1) is 0 Å². The first-order valence-corrected chi connectivity index (χ1v) is 8.60. The fraction of sp³-hybridized carbons (Fsp3) is 0.625. The molecule has 0 saturated carbocycles. The highest BCUT2D eigenvalue weighted by Gasteiger charge is 2.34. The number of alkyl halides is 3. The van der Waals surface area contributed by atoms with Gasteiger partial charge in [0, 0.05) is 55.6 Å². The lowest BCUT2D eigenvalue weighted by atomic mass is 9.94. The minimum absolute atomic E-state index is 0.151. The second-order valence-electron chi connectivity index (χ2n) is 5.91. The van der Waals surface area contributed by atoms with Crippen LogP contribution in [0.15, 0.2) is 18.2 Å². The lowest BCUT2D eigenvalue weighted by Crippen LogP contribution is -2.41. The maximum atomic E-state index is 13.4. The first kappa shape index (κ1) is 18.0. The largest absolute Gasteiger partial charge is 0.416 e. The molecule has 0 N–H and O–H groups in total. The van der Waals surface area contributed by atoms with Gasteiger partial charge >= 0.3 is 6.18 Å². The molecule has 1 unspecified atom stereocenters. The topological polar surface area (TPSA) is 6.48 Å². The molecule has 0 amide bonds. The number of benzene rings is 1. The molecule has 124 valence electrons. The number of nitrogens with zero attached hydrogens (tertiary/aromatic N) is 2. The van der Waals surface area contributed by atoms with E-state index in [0.717, 1.165) is 38.2 Å². The molecule has 1 heterocycles. The Balaban J connectivity index is 2.22. The van der Waals surface area contributed by atoms with E-state index in [1.807, 2.05) is 19.9 Å². The van der Waals surface area contributed by atoms with Crippen LogP contribution < -0.4 is 0 Å². The molecule has 1 fully saturated rings. The van der Waals surface area contributed by atoms with Crippen molar-refractivity contribution >= 4 is 22.9 Å². The average Bonchev–Trinajstić information content (AvgIpc) is 2.48. The molecule has 6 heteroatoms. The summed E-state index contributed by atoms with van der Waals surface area (Å²) in [7, 11) is 0. The van der Waals surface area contributed by atoms with Gasteiger partial charge in [-0.1, -0.05) is 26.0 Å². The molecule has 22 heavy (non-hydrogen) atoms. The number of piperazine rings is 1. The van der Waals surface area contributed by atoms with Crippen LogP contribution in [0.1, 0.15) is 42.9 Å². The van der Waals surface area contributed by atoms with Gasteiger partial charge in [0.05, 0.1) is 5.56 Å². The highest BCUT2D eigenvalue weighted by atomic mass is 127. The zero-order valence-corrected chi connectivity index (χ0v) is 15.1. The predicted molar refractivity (Wildman–Crippen MR) is 91.0 cm³/mol. The van der Waals surface area contributed by atoms with Crippen LogP contribution in [0.4, 0.5) is 13.2 Å². The molecule has 0 aliphatic carbocycles. The van der Waals surface area contributed by atoms with Gasteiger partial charge in [-0.25, -0.2) is 3.11 Å². The monoisotopic (exact) mass is 426 g/mol. The Morgan fingerprint density at radius 1 is 1.18 bits per heavy atom. The number of hydrogen-bond donors (Lipinski definition) is 0. The van der Waals surface area contributed by atoms with E-state index in [4.69, 9.17) is 0 Å². The molecule has 0 bridgehead atoms. The van der Waals surface area contributed by atoms with Crippen molar-refractivity contribution in [2.75, 3.05) is 26.2 Å². The van der Waals surface area contributed by atoms with Gasteiger partial charge in [0.1, 0.15) is 0 Å². The highest BCUT2D eigenvalue weighted by molar-refractivity contribution is 14.1.